The molecule has 1 unspecified atom stereocenters. The number of para-hydroxylation sites is 1. The van der Waals surface area contributed by atoms with Gasteiger partial charge in [0.2, 0.25) is 0 Å². The normalized spacial score (nSPS) is 13.8. The number of halogens is 3. The second kappa shape index (κ2) is 6.23. The number of anilines is 1. The number of benzene rings is 2. The molecule has 0 saturated carbocycles. The topological polar surface area (TPSA) is 32.3 Å². The van der Waals surface area contributed by atoms with Crippen LogP contribution in [-0.2, 0) is 5.54 Å². The fourth-order valence-corrected chi connectivity index (χ4v) is 2.38. The van der Waals surface area contributed by atoms with Crippen LogP contribution in [0.4, 0.5) is 5.69 Å². The molecule has 1 atom stereocenters. The van der Waals surface area contributed by atoms with Gasteiger partial charge in [0, 0.05) is 0 Å². The van der Waals surface area contributed by atoms with Crippen LogP contribution in [0.2, 0.25) is 15.1 Å². The SMILES string of the molecule is CC(CO)(Nc1ccccc1Cl)c1ccc(Cl)c(Cl)c1. The fourth-order valence-electron chi connectivity index (χ4n) is 1.90. The monoisotopic (exact) mass is 329 g/mol. The smallest absolute Gasteiger partial charge is 0.0829 e. The van der Waals surface area contributed by atoms with E-state index in [4.69, 9.17) is 34.8 Å². The first-order valence-electron chi connectivity index (χ1n) is 6.05. The molecule has 106 valence electrons. The molecule has 2 aromatic rings. The predicted octanol–water partition coefficient (Wildman–Crippen LogP) is 4.97. The van der Waals surface area contributed by atoms with Gasteiger partial charge < -0.3 is 10.4 Å². The first-order valence-corrected chi connectivity index (χ1v) is 7.19. The van der Waals surface area contributed by atoms with Gasteiger partial charge in [0.25, 0.3) is 0 Å². The van der Waals surface area contributed by atoms with E-state index >= 15 is 0 Å². The Kier molecular flexibility index (Phi) is 4.82. The van der Waals surface area contributed by atoms with Crippen LogP contribution in [0.1, 0.15) is 12.5 Å². The highest BCUT2D eigenvalue weighted by molar-refractivity contribution is 6.42. The molecule has 0 amide bonds. The van der Waals surface area contributed by atoms with Crippen LogP contribution in [-0.4, -0.2) is 11.7 Å². The van der Waals surface area contributed by atoms with Crippen molar-refractivity contribution >= 4 is 40.5 Å². The van der Waals surface area contributed by atoms with Gasteiger partial charge in [-0.05, 0) is 36.8 Å². The van der Waals surface area contributed by atoms with Crippen LogP contribution < -0.4 is 5.32 Å². The minimum absolute atomic E-state index is 0.115. The lowest BCUT2D eigenvalue weighted by molar-refractivity contribution is 0.224. The highest BCUT2D eigenvalue weighted by Gasteiger charge is 2.27. The van der Waals surface area contributed by atoms with E-state index in [1.165, 1.54) is 0 Å². The van der Waals surface area contributed by atoms with Crippen LogP contribution in [0.3, 0.4) is 0 Å². The van der Waals surface area contributed by atoms with Crippen molar-refractivity contribution < 1.29 is 5.11 Å². The van der Waals surface area contributed by atoms with E-state index in [9.17, 15) is 5.11 Å². The van der Waals surface area contributed by atoms with Crippen LogP contribution in [0.15, 0.2) is 42.5 Å². The summed E-state index contributed by atoms with van der Waals surface area (Å²) in [6.07, 6.45) is 0. The standard InChI is InChI=1S/C15H14Cl3NO/c1-15(9-20,10-6-7-11(16)13(18)8-10)19-14-5-3-2-4-12(14)17/h2-8,19-20H,9H2,1H3. The number of aliphatic hydroxyl groups excluding tert-OH is 1. The minimum Gasteiger partial charge on any atom is -0.394 e. The molecule has 2 aromatic carbocycles. The third-order valence-electron chi connectivity index (χ3n) is 3.16. The molecule has 2 N–H and O–H groups in total. The van der Waals surface area contributed by atoms with Gasteiger partial charge in [-0.1, -0.05) is 53.0 Å². The van der Waals surface area contributed by atoms with Crippen molar-refractivity contribution in [2.45, 2.75) is 12.5 Å². The maximum Gasteiger partial charge on any atom is 0.0829 e. The number of aliphatic hydroxyl groups is 1. The zero-order valence-electron chi connectivity index (χ0n) is 10.8. The van der Waals surface area contributed by atoms with E-state index < -0.39 is 5.54 Å². The summed E-state index contributed by atoms with van der Waals surface area (Å²) in [6, 6.07) is 12.6. The third kappa shape index (κ3) is 3.21. The molecule has 2 nitrogen and oxygen atoms in total. The Hall–Kier alpha value is -0.930. The Balaban J connectivity index is 2.38. The van der Waals surface area contributed by atoms with Crippen LogP contribution in [0.25, 0.3) is 0 Å². The van der Waals surface area contributed by atoms with Crippen molar-refractivity contribution in [2.75, 3.05) is 11.9 Å². The van der Waals surface area contributed by atoms with Crippen molar-refractivity contribution in [1.29, 1.82) is 0 Å². The van der Waals surface area contributed by atoms with E-state index in [-0.39, 0.29) is 6.61 Å². The quantitative estimate of drug-likeness (QED) is 0.830. The molecule has 20 heavy (non-hydrogen) atoms. The van der Waals surface area contributed by atoms with E-state index in [0.29, 0.717) is 15.1 Å². The van der Waals surface area contributed by atoms with Crippen LogP contribution in [0.5, 0.6) is 0 Å². The van der Waals surface area contributed by atoms with E-state index in [2.05, 4.69) is 5.32 Å². The fraction of sp³-hybridized carbons (Fsp3) is 0.200. The van der Waals surface area contributed by atoms with E-state index in [0.717, 1.165) is 11.3 Å². The lowest BCUT2D eigenvalue weighted by atomic mass is 9.92. The lowest BCUT2D eigenvalue weighted by Gasteiger charge is -2.31. The van der Waals surface area contributed by atoms with Crippen molar-refractivity contribution in [1.82, 2.24) is 0 Å². The molecule has 2 rings (SSSR count). The molecule has 0 aliphatic rings. The summed E-state index contributed by atoms with van der Waals surface area (Å²) in [5.41, 5.74) is 0.866. The maximum absolute atomic E-state index is 9.77. The molecule has 0 radical (unpaired) electrons. The molecule has 0 aliphatic heterocycles. The van der Waals surface area contributed by atoms with Gasteiger partial charge in [-0.25, -0.2) is 0 Å². The average Bonchev–Trinajstić information content (AvgIpc) is 2.44. The van der Waals surface area contributed by atoms with Gasteiger partial charge in [0.05, 0.1) is 32.9 Å². The van der Waals surface area contributed by atoms with Gasteiger partial charge in [-0.3, -0.25) is 0 Å². The molecule has 0 bridgehead atoms. The zero-order valence-corrected chi connectivity index (χ0v) is 13.1. The summed E-state index contributed by atoms with van der Waals surface area (Å²) in [5, 5.41) is 14.5. The maximum atomic E-state index is 9.77. The Morgan fingerprint density at radius 1 is 1.00 bits per heavy atom. The largest absolute Gasteiger partial charge is 0.394 e. The number of hydrogen-bond donors (Lipinski definition) is 2. The number of rotatable bonds is 4. The Morgan fingerprint density at radius 3 is 2.30 bits per heavy atom. The van der Waals surface area contributed by atoms with E-state index in [1.54, 1.807) is 18.2 Å². The Morgan fingerprint density at radius 2 is 1.70 bits per heavy atom. The first kappa shape index (κ1) is 15.5. The second-order valence-electron chi connectivity index (χ2n) is 4.72. The highest BCUT2D eigenvalue weighted by Crippen LogP contribution is 2.33. The molecule has 0 aromatic heterocycles. The lowest BCUT2D eigenvalue weighted by Crippen LogP contribution is -2.36. The van der Waals surface area contributed by atoms with Gasteiger partial charge in [0.15, 0.2) is 0 Å². The van der Waals surface area contributed by atoms with E-state index in [1.807, 2.05) is 31.2 Å². The summed E-state index contributed by atoms with van der Waals surface area (Å²) in [7, 11) is 0. The molecule has 0 fully saturated rings. The number of nitrogens with one attached hydrogen (secondary N) is 1. The van der Waals surface area contributed by atoms with Crippen LogP contribution >= 0.6 is 34.8 Å². The molecule has 0 spiro atoms. The molecule has 0 heterocycles. The molecule has 0 aliphatic carbocycles. The Labute approximate surface area is 133 Å². The molecule has 5 heteroatoms. The Bertz CT molecular complexity index is 618. The highest BCUT2D eigenvalue weighted by atomic mass is 35.5. The summed E-state index contributed by atoms with van der Waals surface area (Å²) in [6.45, 7) is 1.76. The van der Waals surface area contributed by atoms with Gasteiger partial charge >= 0.3 is 0 Å². The van der Waals surface area contributed by atoms with Gasteiger partial charge in [0.1, 0.15) is 0 Å². The zero-order chi connectivity index (χ0) is 14.8. The van der Waals surface area contributed by atoms with Gasteiger partial charge in [-0.15, -0.1) is 0 Å². The van der Waals surface area contributed by atoms with Crippen molar-refractivity contribution in [3.8, 4) is 0 Å². The predicted molar refractivity (Wildman–Crippen MR) is 86.0 cm³/mol. The summed E-state index contributed by atoms with van der Waals surface area (Å²) in [5.74, 6) is 0. The number of hydrogen-bond acceptors (Lipinski definition) is 2. The van der Waals surface area contributed by atoms with Crippen LogP contribution in [0, 0.1) is 0 Å². The minimum atomic E-state index is -0.709. The van der Waals surface area contributed by atoms with Crippen molar-refractivity contribution in [3.05, 3.63) is 63.1 Å². The molecular formula is C15H14Cl3NO. The first-order chi connectivity index (χ1) is 9.46. The second-order valence-corrected chi connectivity index (χ2v) is 5.95. The summed E-state index contributed by atoms with van der Waals surface area (Å²) in [4.78, 5) is 0. The molecule has 0 saturated heterocycles. The molecular weight excluding hydrogens is 317 g/mol. The van der Waals surface area contributed by atoms with Crippen molar-refractivity contribution in [2.24, 2.45) is 0 Å². The van der Waals surface area contributed by atoms with Crippen molar-refractivity contribution in [3.63, 3.8) is 0 Å². The average molecular weight is 331 g/mol. The van der Waals surface area contributed by atoms with Gasteiger partial charge in [-0.2, -0.15) is 0 Å². The third-order valence-corrected chi connectivity index (χ3v) is 4.23. The summed E-state index contributed by atoms with van der Waals surface area (Å²) < 4.78 is 0. The summed E-state index contributed by atoms with van der Waals surface area (Å²) >= 11 is 18.1.